The average Bonchev–Trinajstić information content (AvgIpc) is 2.53. The van der Waals surface area contributed by atoms with E-state index in [2.05, 4.69) is 24.2 Å². The lowest BCUT2D eigenvalue weighted by atomic mass is 10.0. The molecule has 1 rings (SSSR count). The summed E-state index contributed by atoms with van der Waals surface area (Å²) in [5.74, 6) is 7.02. The van der Waals surface area contributed by atoms with E-state index in [1.165, 1.54) is 25.7 Å². The van der Waals surface area contributed by atoms with Crippen LogP contribution in [0.5, 0.6) is 0 Å². The SMILES string of the molecule is CC#CCCC1CCC(NC)C1. The van der Waals surface area contributed by atoms with E-state index in [9.17, 15) is 0 Å². The molecule has 0 heterocycles. The number of rotatable bonds is 3. The van der Waals surface area contributed by atoms with Gasteiger partial charge in [0.05, 0.1) is 0 Å². The molecule has 0 aromatic rings. The van der Waals surface area contributed by atoms with Crippen LogP contribution in [-0.4, -0.2) is 13.1 Å². The van der Waals surface area contributed by atoms with E-state index in [4.69, 9.17) is 0 Å². The number of hydrogen-bond acceptors (Lipinski definition) is 1. The van der Waals surface area contributed by atoms with E-state index < -0.39 is 0 Å². The van der Waals surface area contributed by atoms with Crippen LogP contribution in [0, 0.1) is 17.8 Å². The first-order chi connectivity index (χ1) is 5.86. The molecule has 0 saturated heterocycles. The zero-order valence-corrected chi connectivity index (χ0v) is 8.19. The minimum Gasteiger partial charge on any atom is -0.317 e. The maximum atomic E-state index is 3.35. The van der Waals surface area contributed by atoms with Gasteiger partial charge in [-0.2, -0.15) is 0 Å². The van der Waals surface area contributed by atoms with Crippen molar-refractivity contribution < 1.29 is 0 Å². The largest absolute Gasteiger partial charge is 0.317 e. The van der Waals surface area contributed by atoms with E-state index in [0.29, 0.717) is 0 Å². The summed E-state index contributed by atoms with van der Waals surface area (Å²) in [6.45, 7) is 1.92. The van der Waals surface area contributed by atoms with Gasteiger partial charge in [-0.3, -0.25) is 0 Å². The van der Waals surface area contributed by atoms with Crippen LogP contribution in [0.25, 0.3) is 0 Å². The Bertz CT molecular complexity index is 175. The highest BCUT2D eigenvalue weighted by atomic mass is 14.9. The molecule has 1 aliphatic carbocycles. The Morgan fingerprint density at radius 1 is 1.42 bits per heavy atom. The van der Waals surface area contributed by atoms with E-state index >= 15 is 0 Å². The molecule has 0 bridgehead atoms. The molecule has 1 aliphatic rings. The van der Waals surface area contributed by atoms with Gasteiger partial charge in [-0.1, -0.05) is 0 Å². The van der Waals surface area contributed by atoms with Gasteiger partial charge in [-0.15, -0.1) is 11.8 Å². The van der Waals surface area contributed by atoms with Crippen LogP contribution in [-0.2, 0) is 0 Å². The summed E-state index contributed by atoms with van der Waals surface area (Å²) in [5, 5.41) is 3.35. The second-order valence-electron chi connectivity index (χ2n) is 3.63. The Morgan fingerprint density at radius 2 is 2.25 bits per heavy atom. The van der Waals surface area contributed by atoms with Crippen molar-refractivity contribution in [3.8, 4) is 11.8 Å². The van der Waals surface area contributed by atoms with Crippen LogP contribution in [0.3, 0.4) is 0 Å². The van der Waals surface area contributed by atoms with Gasteiger partial charge in [0.25, 0.3) is 0 Å². The Morgan fingerprint density at radius 3 is 2.83 bits per heavy atom. The highest BCUT2D eigenvalue weighted by molar-refractivity contribution is 4.95. The predicted molar refractivity (Wildman–Crippen MR) is 52.9 cm³/mol. The van der Waals surface area contributed by atoms with E-state index in [0.717, 1.165) is 18.4 Å². The van der Waals surface area contributed by atoms with Crippen molar-refractivity contribution in [3.63, 3.8) is 0 Å². The first-order valence-corrected chi connectivity index (χ1v) is 4.93. The van der Waals surface area contributed by atoms with Crippen LogP contribution in [0.15, 0.2) is 0 Å². The summed E-state index contributed by atoms with van der Waals surface area (Å²) in [4.78, 5) is 0. The van der Waals surface area contributed by atoms with E-state index in [-0.39, 0.29) is 0 Å². The minimum atomic E-state index is 0.782. The fourth-order valence-electron chi connectivity index (χ4n) is 2.00. The van der Waals surface area contributed by atoms with Gasteiger partial charge in [-0.05, 0) is 45.6 Å². The first kappa shape index (κ1) is 9.61. The normalized spacial score (nSPS) is 28.2. The highest BCUT2D eigenvalue weighted by Gasteiger charge is 2.22. The van der Waals surface area contributed by atoms with Crippen molar-refractivity contribution in [1.29, 1.82) is 0 Å². The monoisotopic (exact) mass is 165 g/mol. The maximum Gasteiger partial charge on any atom is 0.00912 e. The van der Waals surface area contributed by atoms with Crippen molar-refractivity contribution in [1.82, 2.24) is 5.32 Å². The highest BCUT2D eigenvalue weighted by Crippen LogP contribution is 2.28. The Balaban J connectivity index is 2.13. The van der Waals surface area contributed by atoms with Crippen LogP contribution < -0.4 is 5.32 Å². The molecule has 1 N–H and O–H groups in total. The molecular formula is C11H19N. The number of hydrogen-bond donors (Lipinski definition) is 1. The molecule has 1 nitrogen and oxygen atoms in total. The third-order valence-electron chi connectivity index (χ3n) is 2.80. The van der Waals surface area contributed by atoms with Gasteiger partial charge in [0.2, 0.25) is 0 Å². The summed E-state index contributed by atoms with van der Waals surface area (Å²) in [5.41, 5.74) is 0. The third kappa shape index (κ3) is 2.87. The molecule has 0 aliphatic heterocycles. The third-order valence-corrected chi connectivity index (χ3v) is 2.80. The lowest BCUT2D eigenvalue weighted by molar-refractivity contribution is 0.486. The standard InChI is InChI=1S/C11H19N/c1-3-4-5-6-10-7-8-11(9-10)12-2/h10-12H,5-9H2,1-2H3. The molecule has 0 amide bonds. The van der Waals surface area contributed by atoms with Crippen molar-refractivity contribution in [2.24, 2.45) is 5.92 Å². The predicted octanol–water partition coefficient (Wildman–Crippen LogP) is 2.18. The second-order valence-corrected chi connectivity index (χ2v) is 3.63. The molecule has 0 aromatic heterocycles. The average molecular weight is 165 g/mol. The lowest BCUT2D eigenvalue weighted by Gasteiger charge is -2.08. The molecule has 0 spiro atoms. The van der Waals surface area contributed by atoms with Gasteiger partial charge in [0.15, 0.2) is 0 Å². The van der Waals surface area contributed by atoms with Gasteiger partial charge in [0.1, 0.15) is 0 Å². The van der Waals surface area contributed by atoms with Gasteiger partial charge in [0, 0.05) is 12.5 Å². The maximum absolute atomic E-state index is 3.35. The molecular weight excluding hydrogens is 146 g/mol. The zero-order valence-electron chi connectivity index (χ0n) is 8.19. The number of nitrogens with one attached hydrogen (secondary N) is 1. The molecule has 1 fully saturated rings. The lowest BCUT2D eigenvalue weighted by Crippen LogP contribution is -2.21. The van der Waals surface area contributed by atoms with Crippen molar-refractivity contribution in [2.75, 3.05) is 7.05 Å². The smallest absolute Gasteiger partial charge is 0.00912 e. The van der Waals surface area contributed by atoms with Crippen molar-refractivity contribution >= 4 is 0 Å². The molecule has 2 unspecified atom stereocenters. The van der Waals surface area contributed by atoms with Crippen LogP contribution in [0.1, 0.15) is 39.0 Å². The Hall–Kier alpha value is -0.480. The first-order valence-electron chi connectivity index (χ1n) is 4.93. The van der Waals surface area contributed by atoms with Gasteiger partial charge in [-0.25, -0.2) is 0 Å². The minimum absolute atomic E-state index is 0.782. The molecule has 2 atom stereocenters. The second kappa shape index (κ2) is 5.22. The van der Waals surface area contributed by atoms with Crippen molar-refractivity contribution in [2.45, 2.75) is 45.1 Å². The summed E-state index contributed by atoms with van der Waals surface area (Å²) in [7, 11) is 2.07. The summed E-state index contributed by atoms with van der Waals surface area (Å²) in [6.07, 6.45) is 6.52. The quantitative estimate of drug-likeness (QED) is 0.632. The van der Waals surface area contributed by atoms with Crippen molar-refractivity contribution in [3.05, 3.63) is 0 Å². The fraction of sp³-hybridized carbons (Fsp3) is 0.818. The fourth-order valence-corrected chi connectivity index (χ4v) is 2.00. The molecule has 68 valence electrons. The molecule has 0 radical (unpaired) electrons. The van der Waals surface area contributed by atoms with E-state index in [1.807, 2.05) is 6.92 Å². The van der Waals surface area contributed by atoms with E-state index in [1.54, 1.807) is 0 Å². The summed E-state index contributed by atoms with van der Waals surface area (Å²) in [6, 6.07) is 0.782. The zero-order chi connectivity index (χ0) is 8.81. The van der Waals surface area contributed by atoms with Crippen LogP contribution in [0.2, 0.25) is 0 Å². The summed E-state index contributed by atoms with van der Waals surface area (Å²) >= 11 is 0. The van der Waals surface area contributed by atoms with Crippen LogP contribution >= 0.6 is 0 Å². The van der Waals surface area contributed by atoms with Crippen LogP contribution in [0.4, 0.5) is 0 Å². The molecule has 1 saturated carbocycles. The molecule has 1 heteroatoms. The van der Waals surface area contributed by atoms with Gasteiger partial charge < -0.3 is 5.32 Å². The molecule has 0 aromatic carbocycles. The topological polar surface area (TPSA) is 12.0 Å². The van der Waals surface area contributed by atoms with Gasteiger partial charge >= 0.3 is 0 Å². The molecule has 12 heavy (non-hydrogen) atoms. The Labute approximate surface area is 75.9 Å². The Kier molecular flexibility index (Phi) is 4.18. The summed E-state index contributed by atoms with van der Waals surface area (Å²) < 4.78 is 0.